The number of hydrogen-bond acceptors (Lipinski definition) is 5. The molecule has 1 aromatic heterocycles. The van der Waals surface area contributed by atoms with E-state index in [0.29, 0.717) is 25.1 Å². The van der Waals surface area contributed by atoms with Gasteiger partial charge < -0.3 is 9.88 Å². The van der Waals surface area contributed by atoms with E-state index in [1.54, 1.807) is 34.9 Å². The molecule has 5 rings (SSSR count). The van der Waals surface area contributed by atoms with Gasteiger partial charge in [0.2, 0.25) is 10.0 Å². The predicted molar refractivity (Wildman–Crippen MR) is 139 cm³/mol. The Labute approximate surface area is 211 Å². The van der Waals surface area contributed by atoms with E-state index >= 15 is 0 Å². The molecule has 0 spiro atoms. The van der Waals surface area contributed by atoms with Crippen LogP contribution in [-0.4, -0.2) is 35.3 Å². The van der Waals surface area contributed by atoms with Crippen LogP contribution in [0, 0.1) is 18.3 Å². The van der Waals surface area contributed by atoms with Gasteiger partial charge in [-0.3, -0.25) is 0 Å². The number of hydrogen-bond donors (Lipinski definition) is 1. The van der Waals surface area contributed by atoms with E-state index in [-0.39, 0.29) is 17.5 Å². The number of fused-ring (bicyclic) bond motifs is 1. The molecule has 7 nitrogen and oxygen atoms in total. The summed E-state index contributed by atoms with van der Waals surface area (Å²) in [6.07, 6.45) is 4.00. The van der Waals surface area contributed by atoms with Gasteiger partial charge in [-0.15, -0.1) is 0 Å². The van der Waals surface area contributed by atoms with Crippen molar-refractivity contribution >= 4 is 15.7 Å². The molecule has 2 heterocycles. The number of aromatic amines is 1. The van der Waals surface area contributed by atoms with Gasteiger partial charge in [0.25, 0.3) is 0 Å². The molecular weight excluding hydrogens is 470 g/mol. The highest BCUT2D eigenvalue weighted by molar-refractivity contribution is 7.89. The number of anilines is 1. The molecule has 182 valence electrons. The number of nitriles is 1. The van der Waals surface area contributed by atoms with Crippen LogP contribution in [0.1, 0.15) is 27.9 Å². The molecule has 0 aliphatic carbocycles. The van der Waals surface area contributed by atoms with Crippen LogP contribution in [0.4, 0.5) is 5.69 Å². The Kier molecular flexibility index (Phi) is 6.59. The third-order valence-corrected chi connectivity index (χ3v) is 8.43. The van der Waals surface area contributed by atoms with Crippen molar-refractivity contribution in [3.05, 3.63) is 113 Å². The zero-order valence-electron chi connectivity index (χ0n) is 20.0. The monoisotopic (exact) mass is 497 g/mol. The van der Waals surface area contributed by atoms with Crippen molar-refractivity contribution < 1.29 is 8.42 Å². The summed E-state index contributed by atoms with van der Waals surface area (Å²) in [6.45, 7) is 3.30. The van der Waals surface area contributed by atoms with Crippen molar-refractivity contribution in [3.63, 3.8) is 0 Å². The first-order valence-corrected chi connectivity index (χ1v) is 13.3. The number of rotatable bonds is 7. The first kappa shape index (κ1) is 23.8. The molecule has 0 bridgehead atoms. The topological polar surface area (TPSA) is 93.1 Å². The average molecular weight is 498 g/mol. The van der Waals surface area contributed by atoms with Crippen LogP contribution in [0.5, 0.6) is 0 Å². The summed E-state index contributed by atoms with van der Waals surface area (Å²) < 4.78 is 29.7. The molecule has 0 fully saturated rings. The number of nitrogens with one attached hydrogen (secondary N) is 1. The number of H-pyrrole nitrogens is 1. The molecule has 1 aliphatic heterocycles. The third kappa shape index (κ3) is 4.89. The average Bonchev–Trinajstić information content (AvgIpc) is 3.40. The Balaban J connectivity index is 1.58. The lowest BCUT2D eigenvalue weighted by Gasteiger charge is -2.40. The van der Waals surface area contributed by atoms with Crippen molar-refractivity contribution in [2.24, 2.45) is 0 Å². The van der Waals surface area contributed by atoms with Crippen molar-refractivity contribution in [3.8, 4) is 6.07 Å². The molecule has 1 N–H and O–H groups in total. The number of aryl methyl sites for hydroxylation is 1. The largest absolute Gasteiger partial charge is 0.364 e. The molecule has 1 unspecified atom stereocenters. The van der Waals surface area contributed by atoms with Gasteiger partial charge in [0.1, 0.15) is 0 Å². The summed E-state index contributed by atoms with van der Waals surface area (Å²) in [5, 5.41) is 9.50. The van der Waals surface area contributed by atoms with Crippen LogP contribution in [-0.2, 0) is 29.5 Å². The molecule has 8 heteroatoms. The maximum atomic E-state index is 14.0. The lowest BCUT2D eigenvalue weighted by molar-refractivity contribution is 0.302. The summed E-state index contributed by atoms with van der Waals surface area (Å²) in [6, 6.07) is 24.1. The Bertz CT molecular complexity index is 1490. The fourth-order valence-corrected chi connectivity index (χ4v) is 6.47. The molecule has 0 saturated carbocycles. The third-order valence-electron chi connectivity index (χ3n) is 6.52. The van der Waals surface area contributed by atoms with E-state index in [1.807, 2.05) is 61.7 Å². The Hall–Kier alpha value is -3.93. The summed E-state index contributed by atoms with van der Waals surface area (Å²) in [5.74, 6) is 0. The molecule has 1 aliphatic rings. The number of sulfonamides is 1. The van der Waals surface area contributed by atoms with Gasteiger partial charge in [-0.1, -0.05) is 48.0 Å². The highest BCUT2D eigenvalue weighted by Gasteiger charge is 2.36. The summed E-state index contributed by atoms with van der Waals surface area (Å²) in [7, 11) is -3.80. The van der Waals surface area contributed by atoms with Crippen molar-refractivity contribution in [1.82, 2.24) is 14.3 Å². The van der Waals surface area contributed by atoms with E-state index in [4.69, 9.17) is 0 Å². The molecular formula is C28H27N5O2S. The summed E-state index contributed by atoms with van der Waals surface area (Å²) in [4.78, 5) is 9.80. The predicted octanol–water partition coefficient (Wildman–Crippen LogP) is 4.41. The number of benzene rings is 3. The van der Waals surface area contributed by atoms with Crippen molar-refractivity contribution in [2.75, 3.05) is 11.4 Å². The van der Waals surface area contributed by atoms with Gasteiger partial charge in [-0.05, 0) is 54.8 Å². The quantitative estimate of drug-likeness (QED) is 0.408. The van der Waals surface area contributed by atoms with Crippen LogP contribution in [0.2, 0.25) is 0 Å². The van der Waals surface area contributed by atoms with Gasteiger partial charge in [0, 0.05) is 31.0 Å². The van der Waals surface area contributed by atoms with Crippen molar-refractivity contribution in [1.29, 1.82) is 5.26 Å². The smallest absolute Gasteiger partial charge is 0.243 e. The summed E-state index contributed by atoms with van der Waals surface area (Å²) in [5.41, 5.74) is 5.40. The molecule has 1 atom stereocenters. The molecule has 0 saturated heterocycles. The number of aromatic nitrogens is 2. The van der Waals surface area contributed by atoms with E-state index < -0.39 is 10.0 Å². The fraction of sp³-hybridized carbons (Fsp3) is 0.214. The normalized spacial score (nSPS) is 15.5. The minimum absolute atomic E-state index is 0.257. The molecule has 0 amide bonds. The van der Waals surface area contributed by atoms with Crippen LogP contribution in [0.25, 0.3) is 0 Å². The minimum Gasteiger partial charge on any atom is -0.364 e. The Morgan fingerprint density at radius 2 is 1.94 bits per heavy atom. The minimum atomic E-state index is -3.80. The highest BCUT2D eigenvalue weighted by atomic mass is 32.2. The standard InChI is InChI=1S/C28H27N5O2S/c1-21-6-5-7-23(12-21)17-33(36(34,35)27-8-3-2-4-9-27)26-14-24-13-22(15-29)10-11-28(24)32(19-26)18-25-16-30-20-31-25/h2-13,16,20,26H,14,17-19H2,1H3,(H,30,31). The SMILES string of the molecule is Cc1cccc(CN(C2Cc3cc(C#N)ccc3N(Cc3c[nH]cn3)C2)S(=O)(=O)c2ccccc2)c1. The van der Waals surface area contributed by atoms with Crippen LogP contribution < -0.4 is 4.90 Å². The fourth-order valence-electron chi connectivity index (χ4n) is 4.84. The molecule has 3 aromatic carbocycles. The van der Waals surface area contributed by atoms with Crippen LogP contribution in [0.3, 0.4) is 0 Å². The lowest BCUT2D eigenvalue weighted by Crippen LogP contribution is -2.50. The van der Waals surface area contributed by atoms with Crippen LogP contribution in [0.15, 0.2) is 90.2 Å². The molecule has 36 heavy (non-hydrogen) atoms. The summed E-state index contributed by atoms with van der Waals surface area (Å²) >= 11 is 0. The van der Waals surface area contributed by atoms with Gasteiger partial charge in [0.15, 0.2) is 0 Å². The van der Waals surface area contributed by atoms with Gasteiger partial charge in [-0.2, -0.15) is 9.57 Å². The van der Waals surface area contributed by atoms with Crippen LogP contribution >= 0.6 is 0 Å². The number of nitrogens with zero attached hydrogens (tertiary/aromatic N) is 4. The first-order chi connectivity index (χ1) is 17.4. The van der Waals surface area contributed by atoms with E-state index in [9.17, 15) is 13.7 Å². The maximum Gasteiger partial charge on any atom is 0.243 e. The first-order valence-electron chi connectivity index (χ1n) is 11.8. The second-order valence-corrected chi connectivity index (χ2v) is 11.0. The second-order valence-electron chi connectivity index (χ2n) is 9.11. The van der Waals surface area contributed by atoms with Gasteiger partial charge in [-0.25, -0.2) is 13.4 Å². The molecule has 4 aromatic rings. The van der Waals surface area contributed by atoms with E-state index in [1.165, 1.54) is 0 Å². The van der Waals surface area contributed by atoms with Crippen molar-refractivity contribution in [2.45, 2.75) is 37.4 Å². The van der Waals surface area contributed by atoms with E-state index in [0.717, 1.165) is 28.1 Å². The lowest BCUT2D eigenvalue weighted by atomic mass is 9.95. The van der Waals surface area contributed by atoms with Gasteiger partial charge in [0.05, 0.1) is 35.1 Å². The van der Waals surface area contributed by atoms with E-state index in [2.05, 4.69) is 20.9 Å². The number of imidazole rings is 1. The molecule has 0 radical (unpaired) electrons. The Morgan fingerprint density at radius 3 is 2.67 bits per heavy atom. The van der Waals surface area contributed by atoms with Gasteiger partial charge >= 0.3 is 0 Å². The highest BCUT2D eigenvalue weighted by Crippen LogP contribution is 2.33. The zero-order chi connectivity index (χ0) is 25.1. The second kappa shape index (κ2) is 9.97. The zero-order valence-corrected chi connectivity index (χ0v) is 20.8. The maximum absolute atomic E-state index is 14.0. The Morgan fingerprint density at radius 1 is 1.11 bits per heavy atom.